The van der Waals surface area contributed by atoms with Crippen LogP contribution in [0.15, 0.2) is 10.9 Å². The third-order valence-electron chi connectivity index (χ3n) is 3.56. The molecule has 0 aliphatic carbocycles. The summed E-state index contributed by atoms with van der Waals surface area (Å²) in [5, 5.41) is 5.75. The lowest BCUT2D eigenvalue weighted by Gasteiger charge is -2.31. The van der Waals surface area contributed by atoms with Crippen molar-refractivity contribution in [2.45, 2.75) is 33.2 Å². The third-order valence-corrected chi connectivity index (χ3v) is 4.20. The van der Waals surface area contributed by atoms with E-state index in [1.54, 1.807) is 11.3 Å². The Morgan fingerprint density at radius 2 is 2.22 bits per heavy atom. The summed E-state index contributed by atoms with van der Waals surface area (Å²) in [5.41, 5.74) is 3.16. The normalized spacial score (nSPS) is 18.6. The average Bonchev–Trinajstić information content (AvgIpc) is 2.84. The molecule has 0 spiro atoms. The predicted molar refractivity (Wildman–Crippen MR) is 77.8 cm³/mol. The van der Waals surface area contributed by atoms with Crippen LogP contribution in [0.5, 0.6) is 0 Å². The SMILES string of the molecule is CC(C)CNCC1CCN(Cc2cscn2)CC1. The zero-order valence-corrected chi connectivity index (χ0v) is 12.4. The lowest BCUT2D eigenvalue weighted by Crippen LogP contribution is -2.37. The van der Waals surface area contributed by atoms with E-state index in [1.807, 2.05) is 5.51 Å². The van der Waals surface area contributed by atoms with Crippen molar-refractivity contribution in [1.29, 1.82) is 0 Å². The van der Waals surface area contributed by atoms with Crippen LogP contribution in [0, 0.1) is 11.8 Å². The maximum absolute atomic E-state index is 4.36. The summed E-state index contributed by atoms with van der Waals surface area (Å²) in [6.07, 6.45) is 2.66. The molecule has 1 aliphatic heterocycles. The first-order valence-corrected chi connectivity index (χ1v) is 7.98. The van der Waals surface area contributed by atoms with Gasteiger partial charge in [-0.15, -0.1) is 11.3 Å². The average molecular weight is 267 g/mol. The monoisotopic (exact) mass is 267 g/mol. The molecule has 1 saturated heterocycles. The minimum atomic E-state index is 0.759. The van der Waals surface area contributed by atoms with Crippen LogP contribution in [-0.2, 0) is 6.54 Å². The van der Waals surface area contributed by atoms with E-state index in [4.69, 9.17) is 0 Å². The van der Waals surface area contributed by atoms with Gasteiger partial charge < -0.3 is 5.32 Å². The zero-order chi connectivity index (χ0) is 12.8. The first-order valence-electron chi connectivity index (χ1n) is 7.04. The number of likely N-dealkylation sites (tertiary alicyclic amines) is 1. The van der Waals surface area contributed by atoms with Gasteiger partial charge in [0.25, 0.3) is 0 Å². The summed E-state index contributed by atoms with van der Waals surface area (Å²) in [5.74, 6) is 1.63. The van der Waals surface area contributed by atoms with Crippen molar-refractivity contribution in [2.24, 2.45) is 11.8 Å². The number of hydrogen-bond donors (Lipinski definition) is 1. The summed E-state index contributed by atoms with van der Waals surface area (Å²) < 4.78 is 0. The fraction of sp³-hybridized carbons (Fsp3) is 0.786. The number of thiazole rings is 1. The van der Waals surface area contributed by atoms with Gasteiger partial charge in [-0.2, -0.15) is 0 Å². The highest BCUT2D eigenvalue weighted by Gasteiger charge is 2.19. The Morgan fingerprint density at radius 1 is 1.44 bits per heavy atom. The summed E-state index contributed by atoms with van der Waals surface area (Å²) in [7, 11) is 0. The Hall–Kier alpha value is -0.450. The van der Waals surface area contributed by atoms with Crippen molar-refractivity contribution >= 4 is 11.3 Å². The van der Waals surface area contributed by atoms with E-state index < -0.39 is 0 Å². The van der Waals surface area contributed by atoms with Gasteiger partial charge in [0.15, 0.2) is 0 Å². The minimum Gasteiger partial charge on any atom is -0.316 e. The Balaban J connectivity index is 1.62. The van der Waals surface area contributed by atoms with Gasteiger partial charge in [-0.3, -0.25) is 4.90 Å². The number of hydrogen-bond acceptors (Lipinski definition) is 4. The van der Waals surface area contributed by atoms with Crippen LogP contribution >= 0.6 is 11.3 Å². The van der Waals surface area contributed by atoms with Crippen molar-refractivity contribution in [3.8, 4) is 0 Å². The fourth-order valence-electron chi connectivity index (χ4n) is 2.47. The van der Waals surface area contributed by atoms with Gasteiger partial charge in [-0.25, -0.2) is 4.98 Å². The largest absolute Gasteiger partial charge is 0.316 e. The second-order valence-electron chi connectivity index (χ2n) is 5.75. The van der Waals surface area contributed by atoms with Gasteiger partial charge in [-0.1, -0.05) is 13.8 Å². The van der Waals surface area contributed by atoms with E-state index in [9.17, 15) is 0 Å². The molecule has 0 aromatic carbocycles. The molecular formula is C14H25N3S. The summed E-state index contributed by atoms with van der Waals surface area (Å²) in [6, 6.07) is 0. The lowest BCUT2D eigenvalue weighted by molar-refractivity contribution is 0.173. The summed E-state index contributed by atoms with van der Waals surface area (Å²) >= 11 is 1.69. The number of rotatable bonds is 6. The Bertz CT molecular complexity index is 316. The molecule has 1 aromatic heterocycles. The second-order valence-corrected chi connectivity index (χ2v) is 6.47. The number of piperidine rings is 1. The van der Waals surface area contributed by atoms with E-state index in [2.05, 4.69) is 34.4 Å². The summed E-state index contributed by atoms with van der Waals surface area (Å²) in [4.78, 5) is 6.90. The molecule has 18 heavy (non-hydrogen) atoms. The van der Waals surface area contributed by atoms with Crippen LogP contribution in [0.2, 0.25) is 0 Å². The maximum Gasteiger partial charge on any atom is 0.0795 e. The number of nitrogens with zero attached hydrogens (tertiary/aromatic N) is 2. The van der Waals surface area contributed by atoms with Gasteiger partial charge >= 0.3 is 0 Å². The molecule has 0 atom stereocenters. The molecular weight excluding hydrogens is 242 g/mol. The number of aromatic nitrogens is 1. The van der Waals surface area contributed by atoms with E-state index in [-0.39, 0.29) is 0 Å². The molecule has 0 bridgehead atoms. The van der Waals surface area contributed by atoms with Crippen molar-refractivity contribution in [2.75, 3.05) is 26.2 Å². The molecule has 1 N–H and O–H groups in total. The van der Waals surface area contributed by atoms with Crippen LogP contribution in [0.1, 0.15) is 32.4 Å². The fourth-order valence-corrected chi connectivity index (χ4v) is 3.02. The van der Waals surface area contributed by atoms with E-state index in [1.165, 1.54) is 38.2 Å². The van der Waals surface area contributed by atoms with Crippen molar-refractivity contribution in [3.05, 3.63) is 16.6 Å². The highest BCUT2D eigenvalue weighted by atomic mass is 32.1. The topological polar surface area (TPSA) is 28.2 Å². The quantitative estimate of drug-likeness (QED) is 0.859. The maximum atomic E-state index is 4.36. The summed E-state index contributed by atoms with van der Waals surface area (Å²) in [6.45, 7) is 10.4. The van der Waals surface area contributed by atoms with Crippen LogP contribution in [0.4, 0.5) is 0 Å². The zero-order valence-electron chi connectivity index (χ0n) is 11.6. The Kier molecular flexibility index (Phi) is 5.60. The molecule has 1 fully saturated rings. The van der Waals surface area contributed by atoms with Crippen molar-refractivity contribution < 1.29 is 0 Å². The van der Waals surface area contributed by atoms with Gasteiger partial charge in [0.05, 0.1) is 11.2 Å². The molecule has 0 amide bonds. The second kappa shape index (κ2) is 7.22. The number of nitrogens with one attached hydrogen (secondary N) is 1. The molecule has 2 rings (SSSR count). The molecule has 0 saturated carbocycles. The van der Waals surface area contributed by atoms with Crippen LogP contribution in [-0.4, -0.2) is 36.1 Å². The molecule has 1 aliphatic rings. The van der Waals surface area contributed by atoms with Gasteiger partial charge in [0.2, 0.25) is 0 Å². The van der Waals surface area contributed by atoms with Gasteiger partial charge in [0, 0.05) is 11.9 Å². The Morgan fingerprint density at radius 3 is 2.83 bits per heavy atom. The Labute approximate surface area is 115 Å². The smallest absolute Gasteiger partial charge is 0.0795 e. The first kappa shape index (κ1) is 14.0. The van der Waals surface area contributed by atoms with Gasteiger partial charge in [0.1, 0.15) is 0 Å². The molecule has 0 unspecified atom stereocenters. The molecule has 4 heteroatoms. The van der Waals surface area contributed by atoms with Gasteiger partial charge in [-0.05, 0) is 50.9 Å². The van der Waals surface area contributed by atoms with Crippen molar-refractivity contribution in [3.63, 3.8) is 0 Å². The highest BCUT2D eigenvalue weighted by molar-refractivity contribution is 7.07. The molecule has 3 nitrogen and oxygen atoms in total. The standard InChI is InChI=1S/C14H25N3S/c1-12(2)7-15-8-13-3-5-17(6-4-13)9-14-10-18-11-16-14/h10-13,15H,3-9H2,1-2H3. The third kappa shape index (κ3) is 4.67. The molecule has 1 aromatic rings. The lowest BCUT2D eigenvalue weighted by atomic mass is 9.96. The molecule has 0 radical (unpaired) electrons. The van der Waals surface area contributed by atoms with Crippen LogP contribution in [0.25, 0.3) is 0 Å². The molecule has 102 valence electrons. The first-order chi connectivity index (χ1) is 8.74. The van der Waals surface area contributed by atoms with E-state index >= 15 is 0 Å². The predicted octanol–water partition coefficient (Wildman–Crippen LogP) is 2.60. The molecule has 2 heterocycles. The highest BCUT2D eigenvalue weighted by Crippen LogP contribution is 2.18. The van der Waals surface area contributed by atoms with E-state index in [0.717, 1.165) is 24.9 Å². The van der Waals surface area contributed by atoms with Crippen LogP contribution < -0.4 is 5.32 Å². The minimum absolute atomic E-state index is 0.759. The van der Waals surface area contributed by atoms with Crippen molar-refractivity contribution in [1.82, 2.24) is 15.2 Å². The van der Waals surface area contributed by atoms with Crippen LogP contribution in [0.3, 0.4) is 0 Å². The van der Waals surface area contributed by atoms with E-state index in [0.29, 0.717) is 0 Å².